The van der Waals surface area contributed by atoms with E-state index in [0.29, 0.717) is 41.2 Å². The summed E-state index contributed by atoms with van der Waals surface area (Å²) in [6, 6.07) is 8.18. The molecule has 4 rings (SSSR count). The lowest BCUT2D eigenvalue weighted by atomic mass is 9.76. The summed E-state index contributed by atoms with van der Waals surface area (Å²) in [5.74, 6) is 0.374. The van der Waals surface area contributed by atoms with E-state index in [-0.39, 0.29) is 11.6 Å². The molecule has 10 heteroatoms. The minimum Gasteiger partial charge on any atom is -0.497 e. The highest BCUT2D eigenvalue weighted by atomic mass is 16.6. The third-order valence-electron chi connectivity index (χ3n) is 6.92. The van der Waals surface area contributed by atoms with Crippen LogP contribution < -0.4 is 25.8 Å². The monoisotopic (exact) mass is 467 g/mol. The molecular weight excluding hydrogens is 438 g/mol. The van der Waals surface area contributed by atoms with Crippen molar-refractivity contribution in [1.29, 1.82) is 0 Å². The molecule has 2 aromatic heterocycles. The number of carbonyl (C=O) groups excluding carboxylic acids is 2. The number of carbonyl (C=O) groups is 2. The molecular formula is C24H29N5O5. The normalized spacial score (nSPS) is 21.3. The maximum Gasteiger partial charge on any atom is 0.417 e. The highest BCUT2D eigenvalue weighted by molar-refractivity contribution is 6.02. The number of aromatic nitrogens is 2. The third-order valence-corrected chi connectivity index (χ3v) is 6.92. The standard InChI is InChI=1S/C24H29N5O5/c1-23(2)19(9-10-24(23,3)32)28-20-17(21(25)30)12-26-29-13-14(11-18(20)29)27-22(31)34-16-7-5-15(33-4)6-8-16/h5-8,11-13,19,28,32H,9-10H2,1-4H3,(H2,25,30)(H,27,31)/t19-,24-/m1/s1. The zero-order valence-corrected chi connectivity index (χ0v) is 19.6. The Kier molecular flexibility index (Phi) is 5.86. The number of nitrogens with two attached hydrogens (primary N) is 1. The molecule has 5 N–H and O–H groups in total. The molecule has 0 unspecified atom stereocenters. The Morgan fingerprint density at radius 1 is 1.21 bits per heavy atom. The predicted molar refractivity (Wildman–Crippen MR) is 127 cm³/mol. The maximum absolute atomic E-state index is 12.4. The lowest BCUT2D eigenvalue weighted by Crippen LogP contribution is -2.45. The number of hydrogen-bond donors (Lipinski definition) is 4. The van der Waals surface area contributed by atoms with Crippen molar-refractivity contribution in [1.82, 2.24) is 9.61 Å². The minimum atomic E-state index is -0.860. The molecule has 1 aliphatic rings. The molecule has 3 aromatic rings. The molecule has 1 aliphatic carbocycles. The molecule has 0 aliphatic heterocycles. The van der Waals surface area contributed by atoms with Crippen molar-refractivity contribution in [3.8, 4) is 11.5 Å². The number of nitrogens with one attached hydrogen (secondary N) is 2. The topological polar surface area (TPSA) is 140 Å². The summed E-state index contributed by atoms with van der Waals surface area (Å²) in [5, 5.41) is 21.1. The van der Waals surface area contributed by atoms with E-state index in [1.807, 2.05) is 20.8 Å². The van der Waals surface area contributed by atoms with Gasteiger partial charge in [0.15, 0.2) is 0 Å². The van der Waals surface area contributed by atoms with Gasteiger partial charge in [0.2, 0.25) is 0 Å². The second-order valence-corrected chi connectivity index (χ2v) is 9.28. The first kappa shape index (κ1) is 23.4. The van der Waals surface area contributed by atoms with Crippen LogP contribution in [0.4, 0.5) is 16.2 Å². The van der Waals surface area contributed by atoms with Gasteiger partial charge >= 0.3 is 6.09 Å². The predicted octanol–water partition coefficient (Wildman–Crippen LogP) is 3.40. The van der Waals surface area contributed by atoms with Crippen LogP contribution in [0.2, 0.25) is 0 Å². The van der Waals surface area contributed by atoms with Gasteiger partial charge in [-0.25, -0.2) is 9.31 Å². The number of methoxy groups -OCH3 is 1. The maximum atomic E-state index is 12.4. The van der Waals surface area contributed by atoms with Gasteiger partial charge in [0.25, 0.3) is 5.91 Å². The fourth-order valence-electron chi connectivity index (χ4n) is 4.27. The van der Waals surface area contributed by atoms with Crippen molar-refractivity contribution in [3.63, 3.8) is 0 Å². The number of anilines is 2. The SMILES string of the molecule is COc1ccc(OC(=O)Nc2cc3c(N[C@@H]4CC[C@@](C)(O)C4(C)C)c(C(N)=O)cnn3c2)cc1. The van der Waals surface area contributed by atoms with E-state index in [9.17, 15) is 14.7 Å². The number of ether oxygens (including phenoxy) is 2. The number of benzene rings is 1. The third kappa shape index (κ3) is 4.24. The smallest absolute Gasteiger partial charge is 0.417 e. The van der Waals surface area contributed by atoms with Crippen molar-refractivity contribution in [2.24, 2.45) is 11.1 Å². The van der Waals surface area contributed by atoms with Crippen LogP contribution in [0.15, 0.2) is 42.7 Å². The summed E-state index contributed by atoms with van der Waals surface area (Å²) < 4.78 is 11.9. The quantitative estimate of drug-likeness (QED) is 0.435. The van der Waals surface area contributed by atoms with Gasteiger partial charge < -0.3 is 25.6 Å². The number of rotatable bonds is 6. The molecule has 2 atom stereocenters. The van der Waals surface area contributed by atoms with Crippen molar-refractivity contribution in [2.45, 2.75) is 45.3 Å². The Morgan fingerprint density at radius 2 is 1.88 bits per heavy atom. The zero-order chi connectivity index (χ0) is 24.7. The molecule has 0 radical (unpaired) electrons. The first-order valence-electron chi connectivity index (χ1n) is 10.9. The van der Waals surface area contributed by atoms with Gasteiger partial charge in [-0.15, -0.1) is 0 Å². The highest BCUT2D eigenvalue weighted by Crippen LogP contribution is 2.47. The van der Waals surface area contributed by atoms with E-state index in [1.54, 1.807) is 43.6 Å². The molecule has 34 heavy (non-hydrogen) atoms. The van der Waals surface area contributed by atoms with Crippen LogP contribution >= 0.6 is 0 Å². The van der Waals surface area contributed by atoms with Crippen LogP contribution in [0.3, 0.4) is 0 Å². The first-order chi connectivity index (χ1) is 16.0. The number of hydrogen-bond acceptors (Lipinski definition) is 7. The van der Waals surface area contributed by atoms with Gasteiger partial charge in [0, 0.05) is 11.5 Å². The van der Waals surface area contributed by atoms with E-state index in [2.05, 4.69) is 15.7 Å². The summed E-state index contributed by atoms with van der Waals surface area (Å²) in [6.45, 7) is 5.79. The number of nitrogens with zero attached hydrogens (tertiary/aromatic N) is 2. The lowest BCUT2D eigenvalue weighted by Gasteiger charge is -2.38. The van der Waals surface area contributed by atoms with E-state index in [4.69, 9.17) is 15.2 Å². The van der Waals surface area contributed by atoms with Gasteiger partial charge in [-0.2, -0.15) is 5.10 Å². The molecule has 2 heterocycles. The summed E-state index contributed by atoms with van der Waals surface area (Å²) in [6.07, 6.45) is 3.65. The van der Waals surface area contributed by atoms with Gasteiger partial charge in [-0.05, 0) is 50.1 Å². The summed E-state index contributed by atoms with van der Waals surface area (Å²) >= 11 is 0. The molecule has 1 aromatic carbocycles. The molecule has 1 fully saturated rings. The molecule has 0 saturated heterocycles. The second kappa shape index (κ2) is 8.53. The van der Waals surface area contributed by atoms with E-state index in [0.717, 1.165) is 0 Å². The number of amides is 2. The van der Waals surface area contributed by atoms with Crippen LogP contribution in [-0.2, 0) is 0 Å². The Morgan fingerprint density at radius 3 is 2.47 bits per heavy atom. The minimum absolute atomic E-state index is 0.113. The number of primary amides is 1. The van der Waals surface area contributed by atoms with Crippen molar-refractivity contribution >= 4 is 28.9 Å². The summed E-state index contributed by atoms with van der Waals surface area (Å²) in [4.78, 5) is 24.5. The molecule has 2 amide bonds. The van der Waals surface area contributed by atoms with Crippen LogP contribution in [0.25, 0.3) is 5.52 Å². The average Bonchev–Trinajstić information content (AvgIpc) is 3.27. The lowest BCUT2D eigenvalue weighted by molar-refractivity contribution is -0.0283. The Labute approximate surface area is 197 Å². The molecule has 180 valence electrons. The summed E-state index contributed by atoms with van der Waals surface area (Å²) in [7, 11) is 1.55. The molecule has 10 nitrogen and oxygen atoms in total. The fraction of sp³-hybridized carbons (Fsp3) is 0.375. The Bertz CT molecular complexity index is 1230. The Hall–Kier alpha value is -3.79. The summed E-state index contributed by atoms with van der Waals surface area (Å²) in [5.41, 5.74) is 5.99. The Balaban J connectivity index is 1.60. The van der Waals surface area contributed by atoms with Crippen LogP contribution in [-0.4, -0.2) is 45.5 Å². The van der Waals surface area contributed by atoms with Crippen LogP contribution in [0.1, 0.15) is 44.0 Å². The van der Waals surface area contributed by atoms with Gasteiger partial charge in [0.05, 0.1) is 47.6 Å². The van der Waals surface area contributed by atoms with E-state index >= 15 is 0 Å². The fourth-order valence-corrected chi connectivity index (χ4v) is 4.27. The second-order valence-electron chi connectivity index (χ2n) is 9.28. The van der Waals surface area contributed by atoms with Crippen molar-refractivity contribution in [3.05, 3.63) is 48.3 Å². The van der Waals surface area contributed by atoms with Crippen LogP contribution in [0.5, 0.6) is 11.5 Å². The van der Waals surface area contributed by atoms with Crippen LogP contribution in [0, 0.1) is 5.41 Å². The average molecular weight is 468 g/mol. The van der Waals surface area contributed by atoms with E-state index in [1.165, 1.54) is 10.7 Å². The zero-order valence-electron chi connectivity index (χ0n) is 19.6. The van der Waals surface area contributed by atoms with Crippen molar-refractivity contribution in [2.75, 3.05) is 17.7 Å². The largest absolute Gasteiger partial charge is 0.497 e. The number of aliphatic hydroxyl groups is 1. The molecule has 0 bridgehead atoms. The molecule has 1 saturated carbocycles. The van der Waals surface area contributed by atoms with Crippen molar-refractivity contribution < 1.29 is 24.2 Å². The van der Waals surface area contributed by atoms with E-state index < -0.39 is 23.0 Å². The number of fused-ring (bicyclic) bond motifs is 1. The van der Waals surface area contributed by atoms with Gasteiger partial charge in [-0.1, -0.05) is 13.8 Å². The first-order valence-corrected chi connectivity index (χ1v) is 10.9. The van der Waals surface area contributed by atoms with Gasteiger partial charge in [-0.3, -0.25) is 10.1 Å². The van der Waals surface area contributed by atoms with Gasteiger partial charge in [0.1, 0.15) is 11.5 Å². The highest BCUT2D eigenvalue weighted by Gasteiger charge is 2.50. The molecule has 0 spiro atoms.